The minimum atomic E-state index is 0.515. The van der Waals surface area contributed by atoms with Crippen LogP contribution in [0.3, 0.4) is 0 Å². The number of rotatable bonds is 2. The summed E-state index contributed by atoms with van der Waals surface area (Å²) in [5.41, 5.74) is 2.47. The molecule has 1 aliphatic heterocycles. The summed E-state index contributed by atoms with van der Waals surface area (Å²) >= 11 is 0. The van der Waals surface area contributed by atoms with E-state index in [2.05, 4.69) is 47.3 Å². The van der Waals surface area contributed by atoms with Gasteiger partial charge in [0.25, 0.3) is 0 Å². The number of aromatic nitrogens is 1. The Balaban J connectivity index is 2.44. The van der Waals surface area contributed by atoms with Crippen LogP contribution < -0.4 is 10.2 Å². The molecule has 0 saturated heterocycles. The number of nitrogens with one attached hydrogen (secondary N) is 1. The lowest BCUT2D eigenvalue weighted by Crippen LogP contribution is -2.32. The average Bonchev–Trinajstić information content (AvgIpc) is 2.27. The maximum Gasteiger partial charge on any atom is 0.127 e. The molecule has 1 aliphatic rings. The van der Waals surface area contributed by atoms with E-state index in [4.69, 9.17) is 0 Å². The van der Waals surface area contributed by atoms with E-state index in [-0.39, 0.29) is 0 Å². The van der Waals surface area contributed by atoms with Gasteiger partial charge in [-0.05, 0) is 13.8 Å². The monoisotopic (exact) mass is 203 g/mol. The van der Waals surface area contributed by atoms with Crippen LogP contribution in [-0.4, -0.2) is 24.6 Å². The maximum absolute atomic E-state index is 4.32. The molecule has 0 fully saturated rings. The van der Waals surface area contributed by atoms with Crippen molar-refractivity contribution in [3.05, 3.63) is 23.9 Å². The number of nitrogens with zero attached hydrogens (tertiary/aromatic N) is 2. The fourth-order valence-corrected chi connectivity index (χ4v) is 1.85. The third-order valence-electron chi connectivity index (χ3n) is 2.70. The molecule has 0 spiro atoms. The molecule has 0 aromatic carbocycles. The van der Waals surface area contributed by atoms with Crippen molar-refractivity contribution in [3.8, 4) is 0 Å². The van der Waals surface area contributed by atoms with E-state index < -0.39 is 0 Å². The summed E-state index contributed by atoms with van der Waals surface area (Å²) in [6, 6.07) is 2.62. The van der Waals surface area contributed by atoms with E-state index in [1.54, 1.807) is 0 Å². The summed E-state index contributed by atoms with van der Waals surface area (Å²) in [5, 5.41) is 3.07. The predicted octanol–water partition coefficient (Wildman–Crippen LogP) is 2.36. The highest BCUT2D eigenvalue weighted by molar-refractivity contribution is 5.73. The van der Waals surface area contributed by atoms with E-state index in [0.29, 0.717) is 6.04 Å². The van der Waals surface area contributed by atoms with E-state index in [1.165, 1.54) is 11.3 Å². The van der Waals surface area contributed by atoms with Gasteiger partial charge in [0.1, 0.15) is 5.82 Å². The standard InChI is InChI=1S/C12H17N3/c1-9(2)15-6-4-5-10-8-14-12(13-3)7-11(10)15/h4-5,7-9H,6H2,1-3H3,(H,13,14). The number of pyridine rings is 1. The van der Waals surface area contributed by atoms with E-state index >= 15 is 0 Å². The maximum atomic E-state index is 4.32. The first kappa shape index (κ1) is 10.0. The molecule has 0 aliphatic carbocycles. The van der Waals surface area contributed by atoms with Crippen molar-refractivity contribution in [2.75, 3.05) is 23.8 Å². The van der Waals surface area contributed by atoms with Crippen LogP contribution in [0.5, 0.6) is 0 Å². The first-order valence-electron chi connectivity index (χ1n) is 5.33. The molecule has 0 unspecified atom stereocenters. The van der Waals surface area contributed by atoms with Gasteiger partial charge in [-0.3, -0.25) is 0 Å². The van der Waals surface area contributed by atoms with E-state index in [0.717, 1.165) is 12.4 Å². The lowest BCUT2D eigenvalue weighted by atomic mass is 10.1. The predicted molar refractivity (Wildman–Crippen MR) is 65.3 cm³/mol. The first-order valence-corrected chi connectivity index (χ1v) is 5.33. The zero-order valence-corrected chi connectivity index (χ0v) is 9.49. The molecule has 0 radical (unpaired) electrons. The third kappa shape index (κ3) is 1.82. The van der Waals surface area contributed by atoms with Gasteiger partial charge >= 0.3 is 0 Å². The quantitative estimate of drug-likeness (QED) is 0.799. The van der Waals surface area contributed by atoms with Crippen molar-refractivity contribution in [3.63, 3.8) is 0 Å². The van der Waals surface area contributed by atoms with E-state index in [1.807, 2.05) is 13.2 Å². The van der Waals surface area contributed by atoms with Crippen LogP contribution in [0.4, 0.5) is 11.5 Å². The minimum absolute atomic E-state index is 0.515. The zero-order valence-electron chi connectivity index (χ0n) is 9.49. The summed E-state index contributed by atoms with van der Waals surface area (Å²) in [6.07, 6.45) is 6.25. The third-order valence-corrected chi connectivity index (χ3v) is 2.70. The molecule has 3 heteroatoms. The topological polar surface area (TPSA) is 28.2 Å². The molecule has 0 bridgehead atoms. The summed E-state index contributed by atoms with van der Waals surface area (Å²) in [7, 11) is 1.90. The summed E-state index contributed by atoms with van der Waals surface area (Å²) in [5.74, 6) is 0.926. The minimum Gasteiger partial charge on any atom is -0.373 e. The van der Waals surface area contributed by atoms with Gasteiger partial charge < -0.3 is 10.2 Å². The van der Waals surface area contributed by atoms with Gasteiger partial charge in [0.05, 0.1) is 0 Å². The molecule has 1 aromatic heterocycles. The van der Waals surface area contributed by atoms with Crippen molar-refractivity contribution in [1.82, 2.24) is 4.98 Å². The van der Waals surface area contributed by atoms with E-state index in [9.17, 15) is 0 Å². The van der Waals surface area contributed by atoms with Crippen LogP contribution in [0.15, 0.2) is 18.3 Å². The first-order chi connectivity index (χ1) is 7.22. The van der Waals surface area contributed by atoms with Crippen LogP contribution in [0.1, 0.15) is 19.4 Å². The van der Waals surface area contributed by atoms with Crippen LogP contribution in [0.25, 0.3) is 6.08 Å². The summed E-state index contributed by atoms with van der Waals surface area (Å²) in [6.45, 7) is 5.41. The van der Waals surface area contributed by atoms with Crippen LogP contribution in [0.2, 0.25) is 0 Å². The summed E-state index contributed by atoms with van der Waals surface area (Å²) < 4.78 is 0. The fourth-order valence-electron chi connectivity index (χ4n) is 1.85. The second kappa shape index (κ2) is 3.93. The Morgan fingerprint density at radius 1 is 1.47 bits per heavy atom. The zero-order chi connectivity index (χ0) is 10.8. The van der Waals surface area contributed by atoms with Crippen LogP contribution in [-0.2, 0) is 0 Å². The molecule has 2 rings (SSSR count). The van der Waals surface area contributed by atoms with Crippen molar-refractivity contribution >= 4 is 17.6 Å². The highest BCUT2D eigenvalue weighted by atomic mass is 15.2. The highest BCUT2D eigenvalue weighted by Crippen LogP contribution is 2.28. The van der Waals surface area contributed by atoms with Crippen molar-refractivity contribution in [2.24, 2.45) is 0 Å². The van der Waals surface area contributed by atoms with Gasteiger partial charge in [0, 0.05) is 43.1 Å². The van der Waals surface area contributed by atoms with Gasteiger partial charge in [0.15, 0.2) is 0 Å². The molecule has 0 saturated carbocycles. The van der Waals surface area contributed by atoms with Gasteiger partial charge in [-0.1, -0.05) is 12.2 Å². The molecular formula is C12H17N3. The van der Waals surface area contributed by atoms with Gasteiger partial charge in [-0.2, -0.15) is 0 Å². The summed E-state index contributed by atoms with van der Waals surface area (Å²) in [4.78, 5) is 6.69. The number of fused-ring (bicyclic) bond motifs is 1. The Morgan fingerprint density at radius 2 is 2.27 bits per heavy atom. The molecule has 80 valence electrons. The Morgan fingerprint density at radius 3 is 2.93 bits per heavy atom. The van der Waals surface area contributed by atoms with Crippen LogP contribution in [0, 0.1) is 0 Å². The molecule has 1 N–H and O–H groups in total. The lowest BCUT2D eigenvalue weighted by molar-refractivity contribution is 0.719. The van der Waals surface area contributed by atoms with Gasteiger partial charge in [-0.25, -0.2) is 4.98 Å². The van der Waals surface area contributed by atoms with Crippen molar-refractivity contribution < 1.29 is 0 Å². The SMILES string of the molecule is CNc1cc2c(cn1)C=CCN2C(C)C. The second-order valence-electron chi connectivity index (χ2n) is 4.03. The molecule has 2 heterocycles. The molecule has 0 atom stereocenters. The van der Waals surface area contributed by atoms with Gasteiger partial charge in [0.2, 0.25) is 0 Å². The lowest BCUT2D eigenvalue weighted by Gasteiger charge is -2.31. The largest absolute Gasteiger partial charge is 0.373 e. The highest BCUT2D eigenvalue weighted by Gasteiger charge is 2.16. The molecule has 3 nitrogen and oxygen atoms in total. The Hall–Kier alpha value is -1.51. The smallest absolute Gasteiger partial charge is 0.127 e. The number of anilines is 2. The molecular weight excluding hydrogens is 186 g/mol. The molecule has 15 heavy (non-hydrogen) atoms. The van der Waals surface area contributed by atoms with Crippen molar-refractivity contribution in [1.29, 1.82) is 0 Å². The average molecular weight is 203 g/mol. The fraction of sp³-hybridized carbons (Fsp3) is 0.417. The number of hydrogen-bond donors (Lipinski definition) is 1. The number of hydrogen-bond acceptors (Lipinski definition) is 3. The Bertz CT molecular complexity index is 382. The molecule has 1 aromatic rings. The Labute approximate surface area is 90.8 Å². The van der Waals surface area contributed by atoms with Crippen molar-refractivity contribution in [2.45, 2.75) is 19.9 Å². The molecule has 0 amide bonds. The normalized spacial score (nSPS) is 14.3. The van der Waals surface area contributed by atoms with Crippen LogP contribution >= 0.6 is 0 Å². The Kier molecular flexibility index (Phi) is 2.62. The van der Waals surface area contributed by atoms with Gasteiger partial charge in [-0.15, -0.1) is 0 Å². The second-order valence-corrected chi connectivity index (χ2v) is 4.03.